The zero-order valence-corrected chi connectivity index (χ0v) is 13.4. The summed E-state index contributed by atoms with van der Waals surface area (Å²) in [7, 11) is 0. The van der Waals surface area contributed by atoms with Gasteiger partial charge in [-0.25, -0.2) is 9.37 Å². The maximum absolute atomic E-state index is 12.9. The molecule has 0 aliphatic rings. The first kappa shape index (κ1) is 15.2. The number of halogens is 2. The normalized spacial score (nSPS) is 10.3. The SMILES string of the molecule is Nc1c(Nc2ccc(F)cc2)ncnc1Oc1ccc(Br)cc1. The number of hydrogen-bond donors (Lipinski definition) is 2. The Bertz CT molecular complexity index is 744. The molecule has 3 rings (SSSR count). The first-order valence-electron chi connectivity index (χ1n) is 6.68. The highest BCUT2D eigenvalue weighted by molar-refractivity contribution is 9.10. The summed E-state index contributed by atoms with van der Waals surface area (Å²) in [5.41, 5.74) is 6.97. The zero-order chi connectivity index (χ0) is 16.2. The van der Waals surface area contributed by atoms with E-state index in [0.29, 0.717) is 17.3 Å². The van der Waals surface area contributed by atoms with Crippen LogP contribution in [-0.4, -0.2) is 9.97 Å². The Hall–Kier alpha value is -2.67. The number of rotatable bonds is 4. The molecular formula is C16H12BrFN4O. The molecule has 7 heteroatoms. The number of nitrogens with one attached hydrogen (secondary N) is 1. The highest BCUT2D eigenvalue weighted by Crippen LogP contribution is 2.31. The fourth-order valence-corrected chi connectivity index (χ4v) is 2.11. The minimum atomic E-state index is -0.314. The Labute approximate surface area is 140 Å². The Morgan fingerprint density at radius 1 is 1.00 bits per heavy atom. The average Bonchev–Trinajstić information content (AvgIpc) is 2.55. The Kier molecular flexibility index (Phi) is 4.38. The number of ether oxygens (including phenoxy) is 1. The van der Waals surface area contributed by atoms with Gasteiger partial charge in [-0.1, -0.05) is 15.9 Å². The number of aromatic nitrogens is 2. The summed E-state index contributed by atoms with van der Waals surface area (Å²) >= 11 is 3.36. The molecule has 23 heavy (non-hydrogen) atoms. The smallest absolute Gasteiger partial charge is 0.248 e. The van der Waals surface area contributed by atoms with Crippen molar-refractivity contribution in [2.45, 2.75) is 0 Å². The molecule has 1 aromatic heterocycles. The van der Waals surface area contributed by atoms with Gasteiger partial charge >= 0.3 is 0 Å². The molecule has 3 N–H and O–H groups in total. The van der Waals surface area contributed by atoms with E-state index < -0.39 is 0 Å². The lowest BCUT2D eigenvalue weighted by molar-refractivity contribution is 0.464. The number of nitrogen functional groups attached to an aromatic ring is 1. The van der Waals surface area contributed by atoms with Crippen molar-refractivity contribution in [1.82, 2.24) is 9.97 Å². The van der Waals surface area contributed by atoms with Gasteiger partial charge in [0.15, 0.2) is 5.82 Å². The predicted octanol–water partition coefficient (Wildman–Crippen LogP) is 4.50. The minimum Gasteiger partial charge on any atom is -0.437 e. The van der Waals surface area contributed by atoms with Gasteiger partial charge in [-0.3, -0.25) is 0 Å². The number of nitrogens with two attached hydrogens (primary N) is 1. The summed E-state index contributed by atoms with van der Waals surface area (Å²) in [6, 6.07) is 13.2. The summed E-state index contributed by atoms with van der Waals surface area (Å²) in [4.78, 5) is 8.13. The molecule has 0 spiro atoms. The van der Waals surface area contributed by atoms with E-state index >= 15 is 0 Å². The summed E-state index contributed by atoms with van der Waals surface area (Å²) in [6.07, 6.45) is 1.34. The molecule has 3 aromatic rings. The third kappa shape index (κ3) is 3.75. The van der Waals surface area contributed by atoms with Crippen molar-refractivity contribution in [1.29, 1.82) is 0 Å². The van der Waals surface area contributed by atoms with Crippen LogP contribution >= 0.6 is 15.9 Å². The molecule has 0 bridgehead atoms. The molecule has 0 saturated heterocycles. The lowest BCUT2D eigenvalue weighted by Crippen LogP contribution is -2.03. The van der Waals surface area contributed by atoms with E-state index in [1.807, 2.05) is 12.1 Å². The topological polar surface area (TPSA) is 73.1 Å². The van der Waals surface area contributed by atoms with Crippen LogP contribution in [-0.2, 0) is 0 Å². The van der Waals surface area contributed by atoms with Crippen LogP contribution in [0.15, 0.2) is 59.3 Å². The summed E-state index contributed by atoms with van der Waals surface area (Å²) in [5.74, 6) is 0.919. The van der Waals surface area contributed by atoms with Gasteiger partial charge in [0.25, 0.3) is 0 Å². The molecule has 1 heterocycles. The molecule has 116 valence electrons. The molecule has 0 atom stereocenters. The van der Waals surface area contributed by atoms with Crippen molar-refractivity contribution in [3.8, 4) is 11.6 Å². The number of anilines is 3. The van der Waals surface area contributed by atoms with Crippen molar-refractivity contribution >= 4 is 33.1 Å². The van der Waals surface area contributed by atoms with Crippen molar-refractivity contribution < 1.29 is 9.13 Å². The van der Waals surface area contributed by atoms with E-state index in [9.17, 15) is 4.39 Å². The molecular weight excluding hydrogens is 363 g/mol. The third-order valence-corrected chi connectivity index (χ3v) is 3.51. The van der Waals surface area contributed by atoms with Crippen LogP contribution in [0, 0.1) is 5.82 Å². The van der Waals surface area contributed by atoms with Crippen LogP contribution in [0.5, 0.6) is 11.6 Å². The maximum atomic E-state index is 12.9. The van der Waals surface area contributed by atoms with Crippen LogP contribution in [0.2, 0.25) is 0 Å². The van der Waals surface area contributed by atoms with Crippen molar-refractivity contribution in [2.24, 2.45) is 0 Å². The van der Waals surface area contributed by atoms with Crippen LogP contribution in [0.4, 0.5) is 21.6 Å². The first-order chi connectivity index (χ1) is 11.1. The number of benzene rings is 2. The highest BCUT2D eigenvalue weighted by Gasteiger charge is 2.10. The number of nitrogens with zero attached hydrogens (tertiary/aromatic N) is 2. The van der Waals surface area contributed by atoms with Gasteiger partial charge < -0.3 is 15.8 Å². The van der Waals surface area contributed by atoms with Gasteiger partial charge in [-0.15, -0.1) is 0 Å². The van der Waals surface area contributed by atoms with Crippen molar-refractivity contribution in [3.63, 3.8) is 0 Å². The lowest BCUT2D eigenvalue weighted by Gasteiger charge is -2.11. The predicted molar refractivity (Wildman–Crippen MR) is 90.3 cm³/mol. The second kappa shape index (κ2) is 6.62. The maximum Gasteiger partial charge on any atom is 0.248 e. The fourth-order valence-electron chi connectivity index (χ4n) is 1.84. The highest BCUT2D eigenvalue weighted by atomic mass is 79.9. The van der Waals surface area contributed by atoms with E-state index in [2.05, 4.69) is 31.2 Å². The summed E-state index contributed by atoms with van der Waals surface area (Å²) < 4.78 is 19.5. The minimum absolute atomic E-state index is 0.243. The molecule has 2 aromatic carbocycles. The molecule has 0 amide bonds. The Balaban J connectivity index is 1.83. The summed E-state index contributed by atoms with van der Waals surface area (Å²) in [6.45, 7) is 0. The van der Waals surface area contributed by atoms with Crippen molar-refractivity contribution in [3.05, 3.63) is 65.1 Å². The largest absolute Gasteiger partial charge is 0.437 e. The van der Waals surface area contributed by atoms with Crippen LogP contribution in [0.25, 0.3) is 0 Å². The quantitative estimate of drug-likeness (QED) is 0.703. The van der Waals surface area contributed by atoms with E-state index in [1.54, 1.807) is 24.3 Å². The second-order valence-corrected chi connectivity index (χ2v) is 5.54. The first-order valence-corrected chi connectivity index (χ1v) is 7.47. The van der Waals surface area contributed by atoms with Gasteiger partial charge in [0.2, 0.25) is 5.88 Å². The fraction of sp³-hybridized carbons (Fsp3) is 0. The van der Waals surface area contributed by atoms with Crippen molar-refractivity contribution in [2.75, 3.05) is 11.1 Å². The molecule has 0 unspecified atom stereocenters. The molecule has 0 aliphatic heterocycles. The zero-order valence-electron chi connectivity index (χ0n) is 11.8. The summed E-state index contributed by atoms with van der Waals surface area (Å²) in [5, 5.41) is 3.00. The molecule has 5 nitrogen and oxygen atoms in total. The van der Waals surface area contributed by atoms with Crippen LogP contribution in [0.1, 0.15) is 0 Å². The van der Waals surface area contributed by atoms with Crippen LogP contribution in [0.3, 0.4) is 0 Å². The molecule has 0 radical (unpaired) electrons. The van der Waals surface area contributed by atoms with Gasteiger partial charge in [0.05, 0.1) is 0 Å². The Morgan fingerprint density at radius 3 is 2.39 bits per heavy atom. The van der Waals surface area contributed by atoms with Gasteiger partial charge in [-0.05, 0) is 48.5 Å². The average molecular weight is 375 g/mol. The molecule has 0 fully saturated rings. The van der Waals surface area contributed by atoms with Gasteiger partial charge in [0.1, 0.15) is 23.6 Å². The number of hydrogen-bond acceptors (Lipinski definition) is 5. The van der Waals surface area contributed by atoms with Gasteiger partial charge in [0, 0.05) is 10.2 Å². The molecule has 0 saturated carbocycles. The van der Waals surface area contributed by atoms with E-state index in [0.717, 1.165) is 4.47 Å². The van der Waals surface area contributed by atoms with E-state index in [-0.39, 0.29) is 17.4 Å². The van der Waals surface area contributed by atoms with E-state index in [4.69, 9.17) is 10.5 Å². The van der Waals surface area contributed by atoms with Gasteiger partial charge in [-0.2, -0.15) is 4.98 Å². The second-order valence-electron chi connectivity index (χ2n) is 4.63. The van der Waals surface area contributed by atoms with E-state index in [1.165, 1.54) is 18.5 Å². The van der Waals surface area contributed by atoms with Crippen LogP contribution < -0.4 is 15.8 Å². The molecule has 0 aliphatic carbocycles. The Morgan fingerprint density at radius 2 is 1.70 bits per heavy atom. The monoisotopic (exact) mass is 374 g/mol. The standard InChI is InChI=1S/C16H12BrFN4O/c17-10-1-7-13(8-2-10)23-16-14(19)15(20-9-21-16)22-12-5-3-11(18)4-6-12/h1-9H,19H2,(H,20,21,22). The lowest BCUT2D eigenvalue weighted by atomic mass is 10.3. The third-order valence-electron chi connectivity index (χ3n) is 2.98.